The molecular formula is C21H14ClN5OS2. The van der Waals surface area contributed by atoms with E-state index in [1.54, 1.807) is 23.1 Å². The van der Waals surface area contributed by atoms with Gasteiger partial charge in [0, 0.05) is 34.6 Å². The first-order valence-electron chi connectivity index (χ1n) is 9.36. The molecule has 1 aliphatic rings. The Morgan fingerprint density at radius 1 is 1.13 bits per heavy atom. The molecule has 4 heterocycles. The molecule has 0 spiro atoms. The van der Waals surface area contributed by atoms with Gasteiger partial charge in [0.25, 0.3) is 5.91 Å². The van der Waals surface area contributed by atoms with Crippen molar-refractivity contribution in [2.45, 2.75) is 16.5 Å². The van der Waals surface area contributed by atoms with Gasteiger partial charge < -0.3 is 9.88 Å². The van der Waals surface area contributed by atoms with Crippen molar-refractivity contribution in [2.75, 3.05) is 6.54 Å². The first kappa shape index (κ1) is 18.0. The molecular weight excluding hydrogens is 438 g/mol. The third kappa shape index (κ3) is 2.75. The number of rotatable bonds is 3. The monoisotopic (exact) mass is 451 g/mol. The van der Waals surface area contributed by atoms with Crippen LogP contribution in [-0.4, -0.2) is 31.4 Å². The van der Waals surface area contributed by atoms with E-state index in [2.05, 4.69) is 14.3 Å². The summed E-state index contributed by atoms with van der Waals surface area (Å²) in [5.74, 6) is 0.756. The topological polar surface area (TPSA) is 64.2 Å². The number of benzene rings is 2. The van der Waals surface area contributed by atoms with Gasteiger partial charge in [-0.1, -0.05) is 29.4 Å². The van der Waals surface area contributed by atoms with Gasteiger partial charge in [-0.25, -0.2) is 9.97 Å². The van der Waals surface area contributed by atoms with Crippen molar-refractivity contribution < 1.29 is 4.79 Å². The number of halogens is 1. The first-order valence-corrected chi connectivity index (χ1v) is 11.4. The summed E-state index contributed by atoms with van der Waals surface area (Å²) in [6, 6.07) is 13.4. The Bertz CT molecular complexity index is 1430. The molecule has 0 atom stereocenters. The van der Waals surface area contributed by atoms with Crippen LogP contribution in [0.15, 0.2) is 64.0 Å². The largest absolute Gasteiger partial charge is 0.350 e. The minimum atomic E-state index is -0.0597. The fourth-order valence-electron chi connectivity index (χ4n) is 3.80. The van der Waals surface area contributed by atoms with E-state index in [1.807, 2.05) is 54.0 Å². The second-order valence-electron chi connectivity index (χ2n) is 6.89. The molecule has 3 aromatic heterocycles. The van der Waals surface area contributed by atoms with Gasteiger partial charge in [-0.3, -0.25) is 9.20 Å². The van der Waals surface area contributed by atoms with Crippen molar-refractivity contribution in [3.8, 4) is 11.5 Å². The summed E-state index contributed by atoms with van der Waals surface area (Å²) in [6.45, 7) is 1.20. The molecule has 6 nitrogen and oxygen atoms in total. The van der Waals surface area contributed by atoms with Crippen LogP contribution in [0.2, 0.25) is 5.02 Å². The molecule has 1 aliphatic heterocycles. The maximum Gasteiger partial charge on any atom is 0.253 e. The summed E-state index contributed by atoms with van der Waals surface area (Å²) >= 11 is 9.22. The predicted octanol–water partition coefficient (Wildman–Crippen LogP) is 4.96. The van der Waals surface area contributed by atoms with Crippen LogP contribution in [0.3, 0.4) is 0 Å². The molecule has 0 radical (unpaired) electrons. The molecule has 0 saturated carbocycles. The molecule has 0 saturated heterocycles. The highest BCUT2D eigenvalue weighted by atomic mass is 35.5. The van der Waals surface area contributed by atoms with E-state index in [4.69, 9.17) is 21.6 Å². The quantitative estimate of drug-likeness (QED) is 0.421. The number of hydrogen-bond donors (Lipinski definition) is 1. The second kappa shape index (κ2) is 6.87. The van der Waals surface area contributed by atoms with E-state index in [9.17, 15) is 4.79 Å². The van der Waals surface area contributed by atoms with E-state index in [-0.39, 0.29) is 5.91 Å². The molecule has 5 aromatic rings. The molecule has 30 heavy (non-hydrogen) atoms. The summed E-state index contributed by atoms with van der Waals surface area (Å²) in [4.78, 5) is 24.3. The summed E-state index contributed by atoms with van der Waals surface area (Å²) in [7, 11) is 0. The number of imidazole rings is 2. The maximum atomic E-state index is 12.5. The molecule has 6 rings (SSSR count). The molecule has 0 unspecified atom stereocenters. The lowest BCUT2D eigenvalue weighted by molar-refractivity contribution is 0.0956. The number of thiazole rings is 1. The Balaban J connectivity index is 1.60. The molecule has 1 amide bonds. The van der Waals surface area contributed by atoms with E-state index >= 15 is 0 Å². The number of aromatic nitrogens is 4. The Kier molecular flexibility index (Phi) is 4.12. The van der Waals surface area contributed by atoms with Gasteiger partial charge in [0.15, 0.2) is 10.8 Å². The summed E-state index contributed by atoms with van der Waals surface area (Å²) in [5, 5.41) is 6.57. The lowest BCUT2D eigenvalue weighted by atomic mass is 10.2. The summed E-state index contributed by atoms with van der Waals surface area (Å²) < 4.78 is 4.21. The fourth-order valence-corrected chi connectivity index (χ4v) is 5.61. The fraction of sp³-hybridized carbons (Fsp3) is 0.0952. The van der Waals surface area contributed by atoms with E-state index < -0.39 is 0 Å². The zero-order valence-electron chi connectivity index (χ0n) is 15.5. The first-order chi connectivity index (χ1) is 14.7. The zero-order valence-corrected chi connectivity index (χ0v) is 17.9. The average molecular weight is 452 g/mol. The van der Waals surface area contributed by atoms with Crippen molar-refractivity contribution in [1.82, 2.24) is 24.3 Å². The molecule has 0 fully saturated rings. The number of para-hydroxylation sites is 1. The SMILES string of the molecule is O=C1NCCn2c(-c3c(Sc4ccc(Cl)cc4)nc4sccn34)nc3cccc1c32. The van der Waals surface area contributed by atoms with Crippen LogP contribution in [0.5, 0.6) is 0 Å². The van der Waals surface area contributed by atoms with Crippen LogP contribution in [-0.2, 0) is 6.54 Å². The Labute approximate surface area is 184 Å². The summed E-state index contributed by atoms with van der Waals surface area (Å²) in [5.41, 5.74) is 3.27. The van der Waals surface area contributed by atoms with Crippen molar-refractivity contribution in [3.05, 3.63) is 64.6 Å². The number of fused-ring (bicyclic) bond motifs is 1. The van der Waals surface area contributed by atoms with Crippen LogP contribution in [0.25, 0.3) is 27.5 Å². The van der Waals surface area contributed by atoms with Crippen LogP contribution < -0.4 is 5.32 Å². The highest BCUT2D eigenvalue weighted by molar-refractivity contribution is 7.99. The standard InChI is InChI=1S/C21H14ClN5OS2/c22-12-4-6-13(7-5-12)30-20-17(27-10-11-29-21(27)25-20)18-24-15-3-1-2-14-16(15)26(18)9-8-23-19(14)28/h1-7,10-11H,8-9H2,(H,23,28). The van der Waals surface area contributed by atoms with Crippen molar-refractivity contribution in [3.63, 3.8) is 0 Å². The molecule has 9 heteroatoms. The molecule has 0 bridgehead atoms. The van der Waals surface area contributed by atoms with Crippen molar-refractivity contribution >= 4 is 56.6 Å². The van der Waals surface area contributed by atoms with Crippen LogP contribution >= 0.6 is 34.7 Å². The Morgan fingerprint density at radius 3 is 2.87 bits per heavy atom. The predicted molar refractivity (Wildman–Crippen MR) is 120 cm³/mol. The average Bonchev–Trinajstić information content (AvgIpc) is 3.39. The molecule has 1 N–H and O–H groups in total. The van der Waals surface area contributed by atoms with E-state index in [0.717, 1.165) is 37.4 Å². The van der Waals surface area contributed by atoms with Crippen molar-refractivity contribution in [1.29, 1.82) is 0 Å². The smallest absolute Gasteiger partial charge is 0.253 e. The zero-order chi connectivity index (χ0) is 20.2. The number of nitrogens with one attached hydrogen (secondary N) is 1. The number of hydrogen-bond acceptors (Lipinski definition) is 5. The highest BCUT2D eigenvalue weighted by Crippen LogP contribution is 2.39. The number of carbonyl (C=O) groups is 1. The van der Waals surface area contributed by atoms with E-state index in [0.29, 0.717) is 23.7 Å². The molecule has 0 aliphatic carbocycles. The minimum absolute atomic E-state index is 0.0597. The Morgan fingerprint density at radius 2 is 2.00 bits per heavy atom. The van der Waals surface area contributed by atoms with Crippen molar-refractivity contribution in [2.24, 2.45) is 0 Å². The second-order valence-corrected chi connectivity index (χ2v) is 9.27. The highest BCUT2D eigenvalue weighted by Gasteiger charge is 2.26. The van der Waals surface area contributed by atoms with E-state index in [1.165, 1.54) is 0 Å². The minimum Gasteiger partial charge on any atom is -0.350 e. The van der Waals surface area contributed by atoms with Gasteiger partial charge >= 0.3 is 0 Å². The third-order valence-electron chi connectivity index (χ3n) is 5.10. The summed E-state index contributed by atoms with van der Waals surface area (Å²) in [6.07, 6.45) is 2.02. The lowest BCUT2D eigenvalue weighted by Gasteiger charge is -2.08. The van der Waals surface area contributed by atoms with Gasteiger partial charge in [-0.15, -0.1) is 11.3 Å². The van der Waals surface area contributed by atoms with Gasteiger partial charge in [-0.2, -0.15) is 0 Å². The molecule has 148 valence electrons. The molecule has 2 aromatic carbocycles. The Hall–Kier alpha value is -2.81. The van der Waals surface area contributed by atoms with Crippen LogP contribution in [0, 0.1) is 0 Å². The van der Waals surface area contributed by atoms with Gasteiger partial charge in [-0.05, 0) is 36.4 Å². The maximum absolute atomic E-state index is 12.5. The van der Waals surface area contributed by atoms with Crippen LogP contribution in [0.1, 0.15) is 10.4 Å². The third-order valence-corrected chi connectivity index (χ3v) is 7.10. The number of carbonyl (C=O) groups excluding carboxylic acids is 1. The number of nitrogens with zero attached hydrogens (tertiary/aromatic N) is 4. The lowest BCUT2D eigenvalue weighted by Crippen LogP contribution is -2.24. The van der Waals surface area contributed by atoms with Gasteiger partial charge in [0.05, 0.1) is 16.6 Å². The number of amides is 1. The normalized spacial score (nSPS) is 13.7. The van der Waals surface area contributed by atoms with Gasteiger partial charge in [0.1, 0.15) is 10.7 Å². The van der Waals surface area contributed by atoms with Gasteiger partial charge in [0.2, 0.25) is 0 Å². The van der Waals surface area contributed by atoms with Crippen LogP contribution in [0.4, 0.5) is 0 Å².